The number of unbranched alkanes of at least 4 members (excludes halogenated alkanes) is 14. The van der Waals surface area contributed by atoms with Gasteiger partial charge in [-0.05, 0) is 20.3 Å². The first-order valence-corrected chi connectivity index (χ1v) is 12.6. The molecule has 0 aliphatic carbocycles. The SMILES string of the molecule is C/C=C(\C)C(CCCCCCCCCCCCCCCCC)N1C(=O)CCC1=O. The number of likely N-dealkylation sites (tertiary alicyclic amines) is 1. The van der Waals surface area contributed by atoms with Gasteiger partial charge in [-0.1, -0.05) is 115 Å². The normalized spacial score (nSPS) is 16.1. The Morgan fingerprint density at radius 2 is 1.14 bits per heavy atom. The van der Waals surface area contributed by atoms with Crippen molar-refractivity contribution in [1.29, 1.82) is 0 Å². The molecule has 29 heavy (non-hydrogen) atoms. The van der Waals surface area contributed by atoms with Crippen LogP contribution in [0, 0.1) is 0 Å². The average molecular weight is 406 g/mol. The third-order valence-electron chi connectivity index (χ3n) is 6.46. The van der Waals surface area contributed by atoms with Crippen molar-refractivity contribution in [2.45, 2.75) is 142 Å². The second kappa shape index (κ2) is 16.7. The maximum Gasteiger partial charge on any atom is 0.230 e. The first-order valence-electron chi connectivity index (χ1n) is 12.6. The molecule has 1 atom stereocenters. The van der Waals surface area contributed by atoms with E-state index in [1.54, 1.807) is 4.90 Å². The minimum Gasteiger partial charge on any atom is -0.275 e. The number of allylic oxidation sites excluding steroid dienone is 1. The van der Waals surface area contributed by atoms with Crippen LogP contribution in [0.4, 0.5) is 0 Å². The van der Waals surface area contributed by atoms with Crippen LogP contribution in [0.3, 0.4) is 0 Å². The predicted octanol–water partition coefficient (Wildman–Crippen LogP) is 7.73. The third kappa shape index (κ3) is 11.0. The molecule has 168 valence electrons. The molecule has 3 nitrogen and oxygen atoms in total. The minimum absolute atomic E-state index is 0.00975. The van der Waals surface area contributed by atoms with Crippen LogP contribution in [0.5, 0.6) is 0 Å². The summed E-state index contributed by atoms with van der Waals surface area (Å²) < 4.78 is 0. The van der Waals surface area contributed by atoms with Gasteiger partial charge in [0.1, 0.15) is 0 Å². The lowest BCUT2D eigenvalue weighted by Crippen LogP contribution is -2.40. The lowest BCUT2D eigenvalue weighted by Gasteiger charge is -2.27. The van der Waals surface area contributed by atoms with Gasteiger partial charge in [0.15, 0.2) is 0 Å². The van der Waals surface area contributed by atoms with Crippen molar-refractivity contribution in [2.75, 3.05) is 0 Å². The Bertz CT molecular complexity index is 467. The zero-order valence-corrected chi connectivity index (χ0v) is 19.6. The minimum atomic E-state index is -0.00975. The molecule has 0 spiro atoms. The molecule has 1 aliphatic heterocycles. The molecule has 0 bridgehead atoms. The number of carbonyl (C=O) groups is 2. The van der Waals surface area contributed by atoms with Crippen LogP contribution in [0.15, 0.2) is 11.6 Å². The topological polar surface area (TPSA) is 37.4 Å². The highest BCUT2D eigenvalue weighted by molar-refractivity contribution is 6.02. The molecule has 0 aromatic rings. The number of imide groups is 1. The van der Waals surface area contributed by atoms with Crippen molar-refractivity contribution < 1.29 is 9.59 Å². The Hall–Kier alpha value is -1.12. The van der Waals surface area contributed by atoms with E-state index in [1.165, 1.54) is 89.9 Å². The van der Waals surface area contributed by atoms with Crippen LogP contribution in [-0.2, 0) is 9.59 Å². The zero-order valence-electron chi connectivity index (χ0n) is 19.6. The number of hydrogen-bond acceptors (Lipinski definition) is 2. The van der Waals surface area contributed by atoms with Gasteiger partial charge >= 0.3 is 0 Å². The standard InChI is InChI=1S/C26H47NO2/c1-4-6-7-8-9-10-11-12-13-14-15-16-17-18-19-20-24(23(3)5-2)27-25(28)21-22-26(27)29/h5,24H,4,6-22H2,1-3H3/b23-5+. The van der Waals surface area contributed by atoms with Gasteiger partial charge in [0, 0.05) is 12.8 Å². The van der Waals surface area contributed by atoms with Crippen molar-refractivity contribution >= 4 is 11.8 Å². The average Bonchev–Trinajstić information content (AvgIpc) is 3.05. The van der Waals surface area contributed by atoms with E-state index in [2.05, 4.69) is 19.9 Å². The van der Waals surface area contributed by atoms with E-state index in [9.17, 15) is 9.59 Å². The molecule has 1 unspecified atom stereocenters. The Morgan fingerprint density at radius 1 is 0.759 bits per heavy atom. The maximum absolute atomic E-state index is 12.1. The Balaban J connectivity index is 2.01. The summed E-state index contributed by atoms with van der Waals surface area (Å²) in [5.41, 5.74) is 1.15. The summed E-state index contributed by atoms with van der Waals surface area (Å²) in [4.78, 5) is 25.7. The van der Waals surface area contributed by atoms with Gasteiger partial charge in [0.05, 0.1) is 6.04 Å². The van der Waals surface area contributed by atoms with Crippen LogP contribution in [-0.4, -0.2) is 22.8 Å². The molecule has 0 radical (unpaired) electrons. The van der Waals surface area contributed by atoms with Gasteiger partial charge in [-0.15, -0.1) is 0 Å². The smallest absolute Gasteiger partial charge is 0.230 e. The van der Waals surface area contributed by atoms with Gasteiger partial charge in [0.2, 0.25) is 11.8 Å². The van der Waals surface area contributed by atoms with Crippen LogP contribution in [0.2, 0.25) is 0 Å². The molecular formula is C26H47NO2. The van der Waals surface area contributed by atoms with Gasteiger partial charge in [-0.2, -0.15) is 0 Å². The molecule has 1 saturated heterocycles. The highest BCUT2D eigenvalue weighted by Gasteiger charge is 2.35. The molecule has 1 rings (SSSR count). The number of hydrogen-bond donors (Lipinski definition) is 0. The van der Waals surface area contributed by atoms with E-state index < -0.39 is 0 Å². The Morgan fingerprint density at radius 3 is 1.52 bits per heavy atom. The molecule has 1 aliphatic rings. The predicted molar refractivity (Wildman–Crippen MR) is 124 cm³/mol. The summed E-state index contributed by atoms with van der Waals surface area (Å²) in [7, 11) is 0. The van der Waals surface area contributed by atoms with Crippen molar-refractivity contribution in [3.8, 4) is 0 Å². The molecular weight excluding hydrogens is 358 g/mol. The van der Waals surface area contributed by atoms with Crippen molar-refractivity contribution in [3.05, 3.63) is 11.6 Å². The van der Waals surface area contributed by atoms with E-state index in [-0.39, 0.29) is 17.9 Å². The van der Waals surface area contributed by atoms with Crippen LogP contribution in [0.1, 0.15) is 136 Å². The molecule has 3 heteroatoms. The third-order valence-corrected chi connectivity index (χ3v) is 6.46. The Labute approximate surface area is 180 Å². The zero-order chi connectivity index (χ0) is 21.3. The van der Waals surface area contributed by atoms with Crippen LogP contribution >= 0.6 is 0 Å². The molecule has 0 aromatic heterocycles. The van der Waals surface area contributed by atoms with Gasteiger partial charge in [0.25, 0.3) is 0 Å². The summed E-state index contributed by atoms with van der Waals surface area (Å²) in [5.74, 6) is 0.0318. The lowest BCUT2D eigenvalue weighted by molar-refractivity contribution is -0.140. The van der Waals surface area contributed by atoms with Crippen LogP contribution in [0.25, 0.3) is 0 Å². The fourth-order valence-corrected chi connectivity index (χ4v) is 4.40. The molecule has 0 N–H and O–H groups in total. The quantitative estimate of drug-likeness (QED) is 0.133. The summed E-state index contributed by atoms with van der Waals surface area (Å²) in [5, 5.41) is 0. The number of carbonyl (C=O) groups excluding carboxylic acids is 2. The van der Waals surface area contributed by atoms with E-state index in [1.807, 2.05) is 6.92 Å². The molecule has 0 aromatic carbocycles. The second-order valence-electron chi connectivity index (χ2n) is 8.94. The van der Waals surface area contributed by atoms with Gasteiger partial charge in [-0.25, -0.2) is 0 Å². The van der Waals surface area contributed by atoms with E-state index >= 15 is 0 Å². The summed E-state index contributed by atoms with van der Waals surface area (Å²) in [6, 6.07) is -0.00975. The van der Waals surface area contributed by atoms with Crippen molar-refractivity contribution in [2.24, 2.45) is 0 Å². The molecule has 2 amide bonds. The molecule has 1 fully saturated rings. The van der Waals surface area contributed by atoms with Crippen molar-refractivity contribution in [1.82, 2.24) is 4.90 Å². The van der Waals surface area contributed by atoms with Crippen LogP contribution < -0.4 is 0 Å². The number of amides is 2. The number of rotatable bonds is 18. The lowest BCUT2D eigenvalue weighted by atomic mass is 9.98. The molecule has 1 heterocycles. The Kier molecular flexibility index (Phi) is 14.9. The van der Waals surface area contributed by atoms with E-state index in [4.69, 9.17) is 0 Å². The monoisotopic (exact) mass is 405 g/mol. The summed E-state index contributed by atoms with van der Waals surface area (Å²) >= 11 is 0. The van der Waals surface area contributed by atoms with Gasteiger partial charge < -0.3 is 0 Å². The largest absolute Gasteiger partial charge is 0.275 e. The highest BCUT2D eigenvalue weighted by Crippen LogP contribution is 2.24. The van der Waals surface area contributed by atoms with Crippen molar-refractivity contribution in [3.63, 3.8) is 0 Å². The second-order valence-corrected chi connectivity index (χ2v) is 8.94. The van der Waals surface area contributed by atoms with Gasteiger partial charge in [-0.3, -0.25) is 14.5 Å². The highest BCUT2D eigenvalue weighted by atomic mass is 16.2. The molecule has 0 saturated carbocycles. The van der Waals surface area contributed by atoms with E-state index in [0.717, 1.165) is 18.4 Å². The number of nitrogens with zero attached hydrogens (tertiary/aromatic N) is 1. The van der Waals surface area contributed by atoms with E-state index in [0.29, 0.717) is 12.8 Å². The fourth-order valence-electron chi connectivity index (χ4n) is 4.40. The fraction of sp³-hybridized carbons (Fsp3) is 0.846. The maximum atomic E-state index is 12.1. The first kappa shape index (κ1) is 25.9. The first-order chi connectivity index (χ1) is 14.1. The summed E-state index contributed by atoms with van der Waals surface area (Å²) in [6.07, 6.45) is 24.1. The summed E-state index contributed by atoms with van der Waals surface area (Å²) in [6.45, 7) is 6.33.